The Hall–Kier alpha value is -1.86. The first-order valence-corrected chi connectivity index (χ1v) is 9.54. The molecule has 1 aromatic heterocycles. The molecule has 1 saturated carbocycles. The number of nitrogens with one attached hydrogen (secondary N) is 1. The molecule has 1 atom stereocenters. The molecule has 0 spiro atoms. The Morgan fingerprint density at radius 3 is 2.80 bits per heavy atom. The van der Waals surface area contributed by atoms with Gasteiger partial charge in [-0.25, -0.2) is 0 Å². The largest absolute Gasteiger partial charge is 0.383 e. The fourth-order valence-corrected chi connectivity index (χ4v) is 3.46. The summed E-state index contributed by atoms with van der Waals surface area (Å²) in [7, 11) is 1.63. The van der Waals surface area contributed by atoms with E-state index in [1.165, 1.54) is 30.2 Å². The van der Waals surface area contributed by atoms with Gasteiger partial charge in [-0.1, -0.05) is 42.1 Å². The molecule has 1 aromatic carbocycles. The molecule has 0 saturated heterocycles. The van der Waals surface area contributed by atoms with E-state index in [0.717, 1.165) is 17.5 Å². The van der Waals surface area contributed by atoms with Gasteiger partial charge in [-0.05, 0) is 25.3 Å². The van der Waals surface area contributed by atoms with Gasteiger partial charge in [0, 0.05) is 19.1 Å². The molecule has 0 unspecified atom stereocenters. The van der Waals surface area contributed by atoms with Crippen molar-refractivity contribution >= 4 is 17.7 Å². The van der Waals surface area contributed by atoms with Crippen molar-refractivity contribution < 1.29 is 9.53 Å². The lowest BCUT2D eigenvalue weighted by Gasteiger charge is -2.13. The Morgan fingerprint density at radius 1 is 1.36 bits per heavy atom. The van der Waals surface area contributed by atoms with Crippen molar-refractivity contribution in [2.75, 3.05) is 19.5 Å². The summed E-state index contributed by atoms with van der Waals surface area (Å²) >= 11 is 1.44. The SMILES string of the molecule is COC[C@H](C)NC(=O)CSc1nnc(C2CC2)n1Cc1ccccc1. The summed E-state index contributed by atoms with van der Waals surface area (Å²) in [6.07, 6.45) is 2.35. The Kier molecular flexibility index (Phi) is 6.09. The number of aromatic nitrogens is 3. The summed E-state index contributed by atoms with van der Waals surface area (Å²) in [4.78, 5) is 12.1. The predicted molar refractivity (Wildman–Crippen MR) is 97.7 cm³/mol. The molecule has 25 heavy (non-hydrogen) atoms. The van der Waals surface area contributed by atoms with E-state index in [0.29, 0.717) is 18.3 Å². The Balaban J connectivity index is 1.66. The molecule has 6 nitrogen and oxygen atoms in total. The van der Waals surface area contributed by atoms with Gasteiger partial charge in [0.15, 0.2) is 5.16 Å². The third-order valence-corrected chi connectivity index (χ3v) is 4.99. The van der Waals surface area contributed by atoms with Gasteiger partial charge in [-0.3, -0.25) is 4.79 Å². The molecule has 1 heterocycles. The van der Waals surface area contributed by atoms with Crippen LogP contribution in [-0.4, -0.2) is 46.2 Å². The van der Waals surface area contributed by atoms with Crippen LogP contribution in [0.25, 0.3) is 0 Å². The van der Waals surface area contributed by atoms with Crippen molar-refractivity contribution in [2.24, 2.45) is 0 Å². The first-order valence-electron chi connectivity index (χ1n) is 8.55. The van der Waals surface area contributed by atoms with Gasteiger partial charge < -0.3 is 14.6 Å². The fourth-order valence-electron chi connectivity index (χ4n) is 2.70. The molecule has 7 heteroatoms. The summed E-state index contributed by atoms with van der Waals surface area (Å²) in [6, 6.07) is 10.3. The van der Waals surface area contributed by atoms with Gasteiger partial charge in [0.25, 0.3) is 0 Å². The van der Waals surface area contributed by atoms with Crippen molar-refractivity contribution in [1.29, 1.82) is 0 Å². The molecular weight excluding hydrogens is 336 g/mol. The van der Waals surface area contributed by atoms with Crippen LogP contribution in [0.4, 0.5) is 0 Å². The maximum atomic E-state index is 12.1. The second kappa shape index (κ2) is 8.49. The molecule has 0 bridgehead atoms. The van der Waals surface area contributed by atoms with E-state index in [4.69, 9.17) is 4.74 Å². The molecule has 3 rings (SSSR count). The van der Waals surface area contributed by atoms with E-state index >= 15 is 0 Å². The number of hydrogen-bond donors (Lipinski definition) is 1. The standard InChI is InChI=1S/C18H24N4O2S/c1-13(11-24-2)19-16(23)12-25-18-21-20-17(15-8-9-15)22(18)10-14-6-4-3-5-7-14/h3-7,13,15H,8-12H2,1-2H3,(H,19,23)/t13-/m0/s1. The highest BCUT2D eigenvalue weighted by molar-refractivity contribution is 7.99. The first-order chi connectivity index (χ1) is 12.2. The Labute approximate surface area is 152 Å². The van der Waals surface area contributed by atoms with E-state index in [9.17, 15) is 4.79 Å². The topological polar surface area (TPSA) is 69.0 Å². The molecular formula is C18H24N4O2S. The summed E-state index contributed by atoms with van der Waals surface area (Å²) in [5, 5.41) is 12.4. The van der Waals surface area contributed by atoms with Crippen molar-refractivity contribution in [3.63, 3.8) is 0 Å². The first kappa shape index (κ1) is 17.9. The lowest BCUT2D eigenvalue weighted by atomic mass is 10.2. The summed E-state index contributed by atoms with van der Waals surface area (Å²) in [5.74, 6) is 1.86. The molecule has 1 aliphatic rings. The number of thioether (sulfide) groups is 1. The smallest absolute Gasteiger partial charge is 0.230 e. The maximum Gasteiger partial charge on any atom is 0.230 e. The van der Waals surface area contributed by atoms with Crippen molar-refractivity contribution in [3.05, 3.63) is 41.7 Å². The maximum absolute atomic E-state index is 12.1. The Bertz CT molecular complexity index is 700. The molecule has 0 radical (unpaired) electrons. The highest BCUT2D eigenvalue weighted by Crippen LogP contribution is 2.40. The Morgan fingerprint density at radius 2 is 2.12 bits per heavy atom. The van der Waals surface area contributed by atoms with Crippen LogP contribution >= 0.6 is 11.8 Å². The van der Waals surface area contributed by atoms with Crippen LogP contribution in [-0.2, 0) is 16.1 Å². The minimum absolute atomic E-state index is 0.00214. The minimum atomic E-state index is -0.0169. The third-order valence-electron chi connectivity index (χ3n) is 4.03. The molecule has 1 aliphatic carbocycles. The molecule has 1 amide bonds. The van der Waals surface area contributed by atoms with E-state index in [1.54, 1.807) is 7.11 Å². The number of nitrogens with zero attached hydrogens (tertiary/aromatic N) is 3. The minimum Gasteiger partial charge on any atom is -0.383 e. The quantitative estimate of drug-likeness (QED) is 0.696. The van der Waals surface area contributed by atoms with Gasteiger partial charge >= 0.3 is 0 Å². The summed E-state index contributed by atoms with van der Waals surface area (Å²) in [6.45, 7) is 3.17. The number of rotatable bonds is 9. The lowest BCUT2D eigenvalue weighted by molar-refractivity contribution is -0.119. The van der Waals surface area contributed by atoms with E-state index < -0.39 is 0 Å². The number of methoxy groups -OCH3 is 1. The molecule has 1 fully saturated rings. The zero-order chi connectivity index (χ0) is 17.6. The van der Waals surface area contributed by atoms with Crippen molar-refractivity contribution in [3.8, 4) is 0 Å². The number of carbonyl (C=O) groups excluding carboxylic acids is 1. The van der Waals surface area contributed by atoms with Gasteiger partial charge in [-0.15, -0.1) is 10.2 Å². The highest BCUT2D eigenvalue weighted by Gasteiger charge is 2.30. The zero-order valence-corrected chi connectivity index (χ0v) is 15.5. The van der Waals surface area contributed by atoms with Gasteiger partial charge in [0.2, 0.25) is 5.91 Å². The second-order valence-corrected chi connectivity index (χ2v) is 7.34. The van der Waals surface area contributed by atoms with Crippen LogP contribution in [0.1, 0.15) is 37.1 Å². The van der Waals surface area contributed by atoms with Gasteiger partial charge in [0.1, 0.15) is 5.82 Å². The highest BCUT2D eigenvalue weighted by atomic mass is 32.2. The summed E-state index contributed by atoms with van der Waals surface area (Å²) in [5.41, 5.74) is 1.21. The average molecular weight is 360 g/mol. The molecule has 1 N–H and O–H groups in total. The summed E-state index contributed by atoms with van der Waals surface area (Å²) < 4.78 is 7.20. The van der Waals surface area contributed by atoms with E-state index in [2.05, 4.69) is 32.2 Å². The molecule has 0 aliphatic heterocycles. The fraction of sp³-hybridized carbons (Fsp3) is 0.500. The number of benzene rings is 1. The predicted octanol–water partition coefficient (Wildman–Crippen LogP) is 2.45. The van der Waals surface area contributed by atoms with Crippen molar-refractivity contribution in [1.82, 2.24) is 20.1 Å². The number of carbonyl (C=O) groups is 1. The van der Waals surface area contributed by atoms with Crippen LogP contribution in [0.15, 0.2) is 35.5 Å². The van der Waals surface area contributed by atoms with Gasteiger partial charge in [0.05, 0.1) is 18.9 Å². The molecule has 134 valence electrons. The van der Waals surface area contributed by atoms with Crippen LogP contribution < -0.4 is 5.32 Å². The van der Waals surface area contributed by atoms with Crippen LogP contribution in [0.2, 0.25) is 0 Å². The average Bonchev–Trinajstić information content (AvgIpc) is 3.36. The monoisotopic (exact) mass is 360 g/mol. The van der Waals surface area contributed by atoms with Crippen LogP contribution in [0.3, 0.4) is 0 Å². The number of hydrogen-bond acceptors (Lipinski definition) is 5. The normalized spacial score (nSPS) is 15.1. The van der Waals surface area contributed by atoms with Crippen LogP contribution in [0, 0.1) is 0 Å². The van der Waals surface area contributed by atoms with Crippen LogP contribution in [0.5, 0.6) is 0 Å². The van der Waals surface area contributed by atoms with E-state index in [1.807, 2.05) is 25.1 Å². The van der Waals surface area contributed by atoms with Crippen molar-refractivity contribution in [2.45, 2.75) is 43.4 Å². The number of amides is 1. The third kappa shape index (κ3) is 5.06. The molecule has 2 aromatic rings. The second-order valence-electron chi connectivity index (χ2n) is 6.40. The van der Waals surface area contributed by atoms with E-state index in [-0.39, 0.29) is 11.9 Å². The zero-order valence-electron chi connectivity index (χ0n) is 14.6. The number of ether oxygens (including phenoxy) is 1. The lowest BCUT2D eigenvalue weighted by Crippen LogP contribution is -2.36. The van der Waals surface area contributed by atoms with Gasteiger partial charge in [-0.2, -0.15) is 0 Å².